The first-order valence-corrected chi connectivity index (χ1v) is 7.12. The van der Waals surface area contributed by atoms with E-state index in [0.29, 0.717) is 6.54 Å². The molecule has 2 aromatic carbocycles. The summed E-state index contributed by atoms with van der Waals surface area (Å²) in [6.07, 6.45) is 0. The second-order valence-electron chi connectivity index (χ2n) is 5.71. The van der Waals surface area contributed by atoms with Crippen LogP contribution < -0.4 is 0 Å². The maximum Gasteiger partial charge on any atom is 0.167 e. The average Bonchev–Trinajstić information content (AvgIpc) is 2.48. The average molecular weight is 281 g/mol. The molecule has 0 fully saturated rings. The number of hydrogen-bond acceptors (Lipinski definition) is 3. The largest absolute Gasteiger partial charge is 0.375 e. The monoisotopic (exact) mass is 281 g/mol. The highest BCUT2D eigenvalue weighted by atomic mass is 16.3. The SMILES string of the molecule is CC(=O)C1(O)c2ccccc2CN(C)C1c1ccccc1. The molecule has 0 spiro atoms. The van der Waals surface area contributed by atoms with E-state index in [1.807, 2.05) is 66.5 Å². The third-order valence-corrected chi connectivity index (χ3v) is 4.34. The second kappa shape index (κ2) is 5.10. The number of fused-ring (bicyclic) bond motifs is 1. The fourth-order valence-electron chi connectivity index (χ4n) is 3.37. The van der Waals surface area contributed by atoms with Crippen LogP contribution in [0.15, 0.2) is 54.6 Å². The van der Waals surface area contributed by atoms with Gasteiger partial charge in [-0.25, -0.2) is 0 Å². The summed E-state index contributed by atoms with van der Waals surface area (Å²) >= 11 is 0. The molecule has 3 nitrogen and oxygen atoms in total. The van der Waals surface area contributed by atoms with Crippen molar-refractivity contribution in [2.75, 3.05) is 7.05 Å². The van der Waals surface area contributed by atoms with Gasteiger partial charge in [0.1, 0.15) is 0 Å². The molecule has 0 saturated heterocycles. The molecule has 2 atom stereocenters. The van der Waals surface area contributed by atoms with Crippen molar-refractivity contribution < 1.29 is 9.90 Å². The van der Waals surface area contributed by atoms with Crippen LogP contribution in [0.25, 0.3) is 0 Å². The van der Waals surface area contributed by atoms with Gasteiger partial charge >= 0.3 is 0 Å². The molecule has 3 rings (SSSR count). The standard InChI is InChI=1S/C18H19NO2/c1-13(20)18(21)16-11-7-6-10-15(16)12-19(2)17(18)14-8-4-3-5-9-14/h3-11,17,21H,12H2,1-2H3. The summed E-state index contributed by atoms with van der Waals surface area (Å²) in [6, 6.07) is 17.0. The lowest BCUT2D eigenvalue weighted by molar-refractivity contribution is -0.147. The summed E-state index contributed by atoms with van der Waals surface area (Å²) < 4.78 is 0. The van der Waals surface area contributed by atoms with Crippen molar-refractivity contribution in [3.05, 3.63) is 71.3 Å². The number of hydrogen-bond donors (Lipinski definition) is 1. The van der Waals surface area contributed by atoms with Crippen molar-refractivity contribution in [1.82, 2.24) is 4.90 Å². The molecule has 3 heteroatoms. The van der Waals surface area contributed by atoms with Gasteiger partial charge in [0, 0.05) is 6.54 Å². The molecule has 0 saturated carbocycles. The lowest BCUT2D eigenvalue weighted by atomic mass is 9.74. The molecule has 0 aliphatic carbocycles. The van der Waals surface area contributed by atoms with E-state index in [1.165, 1.54) is 6.92 Å². The minimum atomic E-state index is -1.51. The van der Waals surface area contributed by atoms with E-state index < -0.39 is 5.60 Å². The summed E-state index contributed by atoms with van der Waals surface area (Å²) in [5, 5.41) is 11.3. The zero-order valence-corrected chi connectivity index (χ0v) is 12.3. The molecule has 108 valence electrons. The summed E-state index contributed by atoms with van der Waals surface area (Å²) in [7, 11) is 1.95. The van der Waals surface area contributed by atoms with E-state index in [9.17, 15) is 9.90 Å². The maximum absolute atomic E-state index is 12.3. The molecule has 1 heterocycles. The quantitative estimate of drug-likeness (QED) is 0.920. The first-order valence-electron chi connectivity index (χ1n) is 7.12. The number of carbonyl (C=O) groups excluding carboxylic acids is 1. The van der Waals surface area contributed by atoms with Gasteiger partial charge in [0.15, 0.2) is 11.4 Å². The Labute approximate surface area is 124 Å². The van der Waals surface area contributed by atoms with Crippen molar-refractivity contribution in [3.8, 4) is 0 Å². The third-order valence-electron chi connectivity index (χ3n) is 4.34. The smallest absolute Gasteiger partial charge is 0.167 e. The van der Waals surface area contributed by atoms with Gasteiger partial charge in [-0.15, -0.1) is 0 Å². The number of aliphatic hydroxyl groups is 1. The molecule has 0 aromatic heterocycles. The molecule has 1 aliphatic rings. The lowest BCUT2D eigenvalue weighted by Gasteiger charge is -2.45. The van der Waals surface area contributed by atoms with Gasteiger partial charge in [-0.2, -0.15) is 0 Å². The van der Waals surface area contributed by atoms with E-state index in [2.05, 4.69) is 0 Å². The molecule has 1 N–H and O–H groups in total. The fraction of sp³-hybridized carbons (Fsp3) is 0.278. The Morgan fingerprint density at radius 3 is 2.43 bits per heavy atom. The summed E-state index contributed by atoms with van der Waals surface area (Å²) in [6.45, 7) is 2.18. The predicted octanol–water partition coefficient (Wildman–Crippen LogP) is 2.65. The Hall–Kier alpha value is -1.97. The first-order chi connectivity index (χ1) is 10.0. The molecule has 2 aromatic rings. The lowest BCUT2D eigenvalue weighted by Crippen LogP contribution is -2.51. The summed E-state index contributed by atoms with van der Waals surface area (Å²) in [4.78, 5) is 14.4. The van der Waals surface area contributed by atoms with Crippen molar-refractivity contribution >= 4 is 5.78 Å². The van der Waals surface area contributed by atoms with Crippen molar-refractivity contribution in [3.63, 3.8) is 0 Å². The minimum absolute atomic E-state index is 0.227. The molecule has 21 heavy (non-hydrogen) atoms. The van der Waals surface area contributed by atoms with Gasteiger partial charge in [0.05, 0.1) is 6.04 Å². The van der Waals surface area contributed by atoms with Crippen LogP contribution in [0.3, 0.4) is 0 Å². The number of Topliss-reactive ketones (excluding diaryl/α,β-unsaturated/α-hetero) is 1. The van der Waals surface area contributed by atoms with E-state index in [0.717, 1.165) is 16.7 Å². The van der Waals surface area contributed by atoms with E-state index in [-0.39, 0.29) is 11.8 Å². The topological polar surface area (TPSA) is 40.5 Å². The van der Waals surface area contributed by atoms with Crippen LogP contribution in [0.1, 0.15) is 29.7 Å². The van der Waals surface area contributed by atoms with Crippen LogP contribution in [0.5, 0.6) is 0 Å². The van der Waals surface area contributed by atoms with E-state index in [4.69, 9.17) is 0 Å². The van der Waals surface area contributed by atoms with Crippen LogP contribution in [-0.4, -0.2) is 22.8 Å². The Bertz CT molecular complexity index is 668. The van der Waals surface area contributed by atoms with Gasteiger partial charge in [-0.1, -0.05) is 54.6 Å². The molecule has 1 aliphatic heterocycles. The van der Waals surface area contributed by atoms with Gasteiger partial charge in [-0.05, 0) is 30.7 Å². The Balaban J connectivity index is 2.22. The number of benzene rings is 2. The van der Waals surface area contributed by atoms with Crippen LogP contribution >= 0.6 is 0 Å². The summed E-state index contributed by atoms with van der Waals surface area (Å²) in [5.41, 5.74) is 1.17. The number of nitrogens with zero attached hydrogens (tertiary/aromatic N) is 1. The second-order valence-corrected chi connectivity index (χ2v) is 5.71. The highest BCUT2D eigenvalue weighted by Crippen LogP contribution is 2.45. The Morgan fingerprint density at radius 1 is 1.14 bits per heavy atom. The molecule has 0 radical (unpaired) electrons. The number of carbonyl (C=O) groups is 1. The number of rotatable bonds is 2. The first kappa shape index (κ1) is 14.0. The Kier molecular flexibility index (Phi) is 3.40. The molecular formula is C18H19NO2. The van der Waals surface area contributed by atoms with E-state index >= 15 is 0 Å². The predicted molar refractivity (Wildman–Crippen MR) is 81.7 cm³/mol. The van der Waals surface area contributed by atoms with Gasteiger partial charge in [-0.3, -0.25) is 9.69 Å². The normalized spacial score (nSPS) is 25.4. The van der Waals surface area contributed by atoms with Crippen molar-refractivity contribution in [2.24, 2.45) is 0 Å². The zero-order valence-electron chi connectivity index (χ0n) is 12.3. The van der Waals surface area contributed by atoms with Crippen LogP contribution in [0, 0.1) is 0 Å². The van der Waals surface area contributed by atoms with Gasteiger partial charge in [0.2, 0.25) is 0 Å². The van der Waals surface area contributed by atoms with Crippen LogP contribution in [-0.2, 0) is 16.9 Å². The van der Waals surface area contributed by atoms with E-state index in [1.54, 1.807) is 0 Å². The third kappa shape index (κ3) is 2.09. The maximum atomic E-state index is 12.3. The number of likely N-dealkylation sites (N-methyl/N-ethyl adjacent to an activating group) is 1. The van der Waals surface area contributed by atoms with Crippen LogP contribution in [0.2, 0.25) is 0 Å². The van der Waals surface area contributed by atoms with Crippen LogP contribution in [0.4, 0.5) is 0 Å². The highest BCUT2D eigenvalue weighted by molar-refractivity contribution is 5.88. The molecule has 2 unspecified atom stereocenters. The fourth-order valence-corrected chi connectivity index (χ4v) is 3.37. The van der Waals surface area contributed by atoms with Crippen molar-refractivity contribution in [2.45, 2.75) is 25.1 Å². The Morgan fingerprint density at radius 2 is 1.76 bits per heavy atom. The summed E-state index contributed by atoms with van der Waals surface area (Å²) in [5.74, 6) is -0.227. The number of ketones is 1. The molecular weight excluding hydrogens is 262 g/mol. The highest BCUT2D eigenvalue weighted by Gasteiger charge is 2.49. The molecule has 0 amide bonds. The van der Waals surface area contributed by atoms with Gasteiger partial charge < -0.3 is 5.11 Å². The zero-order chi connectivity index (χ0) is 15.0. The van der Waals surface area contributed by atoms with Gasteiger partial charge in [0.25, 0.3) is 0 Å². The van der Waals surface area contributed by atoms with Crippen molar-refractivity contribution in [1.29, 1.82) is 0 Å². The minimum Gasteiger partial charge on any atom is -0.375 e. The molecule has 0 bridgehead atoms.